The summed E-state index contributed by atoms with van der Waals surface area (Å²) in [6.45, 7) is 5.54. The molecule has 2 aliphatic rings. The summed E-state index contributed by atoms with van der Waals surface area (Å²) in [4.78, 5) is 2.50. The van der Waals surface area contributed by atoms with Gasteiger partial charge in [-0.15, -0.1) is 0 Å². The van der Waals surface area contributed by atoms with Gasteiger partial charge in [-0.2, -0.15) is 0 Å². The van der Waals surface area contributed by atoms with Gasteiger partial charge in [0.25, 0.3) is 0 Å². The maximum atomic E-state index is 13.5. The number of rotatable bonds is 2. The molecule has 0 aliphatic carbocycles. The Labute approximate surface area is 126 Å². The van der Waals surface area contributed by atoms with Crippen LogP contribution < -0.4 is 10.5 Å². The van der Waals surface area contributed by atoms with Gasteiger partial charge in [0.2, 0.25) is 0 Å². The van der Waals surface area contributed by atoms with Crippen LogP contribution >= 0.6 is 0 Å². The molecule has 0 amide bonds. The van der Waals surface area contributed by atoms with E-state index in [2.05, 4.69) is 11.8 Å². The van der Waals surface area contributed by atoms with Gasteiger partial charge in [0.05, 0.1) is 0 Å². The normalized spacial score (nSPS) is 29.8. The molecule has 2 N–H and O–H groups in total. The fourth-order valence-corrected chi connectivity index (χ4v) is 3.76. The zero-order valence-corrected chi connectivity index (χ0v) is 12.8. The number of benzene rings is 1. The number of ether oxygens (including phenoxy) is 1. The lowest BCUT2D eigenvalue weighted by Gasteiger charge is -2.41. The van der Waals surface area contributed by atoms with E-state index in [1.54, 1.807) is 6.07 Å². The third kappa shape index (κ3) is 3.06. The van der Waals surface area contributed by atoms with Crippen molar-refractivity contribution in [2.24, 2.45) is 5.73 Å². The Morgan fingerprint density at radius 3 is 3.05 bits per heavy atom. The summed E-state index contributed by atoms with van der Waals surface area (Å²) in [5.41, 5.74) is 7.07. The lowest BCUT2D eigenvalue weighted by atomic mass is 9.82. The van der Waals surface area contributed by atoms with Crippen LogP contribution in [0.3, 0.4) is 0 Å². The highest BCUT2D eigenvalue weighted by Crippen LogP contribution is 2.43. The molecule has 0 radical (unpaired) electrons. The predicted molar refractivity (Wildman–Crippen MR) is 81.9 cm³/mol. The molecule has 2 aliphatic heterocycles. The van der Waals surface area contributed by atoms with Crippen LogP contribution in [0.4, 0.5) is 4.39 Å². The molecular weight excluding hydrogens is 267 g/mol. The molecule has 0 bridgehead atoms. The van der Waals surface area contributed by atoms with Crippen molar-refractivity contribution in [1.29, 1.82) is 0 Å². The van der Waals surface area contributed by atoms with E-state index in [-0.39, 0.29) is 17.5 Å². The minimum atomic E-state index is -0.251. The molecule has 2 atom stereocenters. The van der Waals surface area contributed by atoms with Gasteiger partial charge in [0.15, 0.2) is 0 Å². The second kappa shape index (κ2) is 5.93. The van der Waals surface area contributed by atoms with Crippen molar-refractivity contribution < 1.29 is 9.13 Å². The van der Waals surface area contributed by atoms with Crippen molar-refractivity contribution in [3.8, 4) is 5.75 Å². The van der Waals surface area contributed by atoms with E-state index in [1.165, 1.54) is 18.6 Å². The summed E-state index contributed by atoms with van der Waals surface area (Å²) in [5.74, 6) is 0.400. The molecule has 0 aromatic heterocycles. The van der Waals surface area contributed by atoms with Crippen LogP contribution in [0, 0.1) is 5.82 Å². The van der Waals surface area contributed by atoms with E-state index >= 15 is 0 Å². The molecule has 2 unspecified atom stereocenters. The SMILES string of the molecule is CCCN1CCCC2(CC1)CC(N)c1ccc(F)cc1O2. The summed E-state index contributed by atoms with van der Waals surface area (Å²) in [6, 6.07) is 4.68. The van der Waals surface area contributed by atoms with Crippen molar-refractivity contribution in [1.82, 2.24) is 4.90 Å². The first-order valence-electron chi connectivity index (χ1n) is 8.08. The lowest BCUT2D eigenvalue weighted by molar-refractivity contribution is 0.0214. The zero-order valence-electron chi connectivity index (χ0n) is 12.8. The first-order valence-corrected chi connectivity index (χ1v) is 8.08. The predicted octanol–water partition coefficient (Wildman–Crippen LogP) is 3.24. The van der Waals surface area contributed by atoms with Crippen LogP contribution in [0.5, 0.6) is 5.75 Å². The molecule has 0 saturated carbocycles. The summed E-state index contributed by atoms with van der Waals surface area (Å²) in [5, 5.41) is 0. The summed E-state index contributed by atoms with van der Waals surface area (Å²) in [7, 11) is 0. The minimum absolute atomic E-state index is 0.0490. The van der Waals surface area contributed by atoms with Crippen LogP contribution in [0.1, 0.15) is 50.6 Å². The average Bonchev–Trinajstić information content (AvgIpc) is 2.62. The third-order valence-electron chi connectivity index (χ3n) is 4.82. The number of likely N-dealkylation sites (tertiary alicyclic amines) is 1. The lowest BCUT2D eigenvalue weighted by Crippen LogP contribution is -2.43. The maximum Gasteiger partial charge on any atom is 0.127 e. The van der Waals surface area contributed by atoms with Crippen molar-refractivity contribution in [2.75, 3.05) is 19.6 Å². The molecule has 116 valence electrons. The van der Waals surface area contributed by atoms with Gasteiger partial charge in [-0.25, -0.2) is 4.39 Å². The van der Waals surface area contributed by atoms with Crippen LogP contribution in [0.15, 0.2) is 18.2 Å². The number of hydrogen-bond acceptors (Lipinski definition) is 3. The van der Waals surface area contributed by atoms with E-state index in [0.717, 1.165) is 50.9 Å². The minimum Gasteiger partial charge on any atom is -0.487 e. The van der Waals surface area contributed by atoms with E-state index in [9.17, 15) is 4.39 Å². The Kier molecular flexibility index (Phi) is 4.18. The molecule has 1 aromatic carbocycles. The number of fused-ring (bicyclic) bond motifs is 1. The number of halogens is 1. The first-order chi connectivity index (χ1) is 10.1. The molecule has 2 heterocycles. The van der Waals surface area contributed by atoms with E-state index < -0.39 is 0 Å². The van der Waals surface area contributed by atoms with Crippen molar-refractivity contribution >= 4 is 0 Å². The fourth-order valence-electron chi connectivity index (χ4n) is 3.76. The molecule has 21 heavy (non-hydrogen) atoms. The van der Waals surface area contributed by atoms with Gasteiger partial charge in [-0.1, -0.05) is 13.0 Å². The zero-order chi connectivity index (χ0) is 14.9. The van der Waals surface area contributed by atoms with Gasteiger partial charge in [0, 0.05) is 30.6 Å². The third-order valence-corrected chi connectivity index (χ3v) is 4.82. The van der Waals surface area contributed by atoms with Crippen molar-refractivity contribution in [3.05, 3.63) is 29.6 Å². The number of nitrogens with two attached hydrogens (primary N) is 1. The second-order valence-corrected chi connectivity index (χ2v) is 6.47. The van der Waals surface area contributed by atoms with Gasteiger partial charge < -0.3 is 15.4 Å². The van der Waals surface area contributed by atoms with Crippen molar-refractivity contribution in [3.63, 3.8) is 0 Å². The largest absolute Gasteiger partial charge is 0.487 e. The topological polar surface area (TPSA) is 38.5 Å². The Hall–Kier alpha value is -1.13. The van der Waals surface area contributed by atoms with Gasteiger partial charge >= 0.3 is 0 Å². The van der Waals surface area contributed by atoms with Gasteiger partial charge in [-0.05, 0) is 44.8 Å². The first kappa shape index (κ1) is 14.8. The van der Waals surface area contributed by atoms with Gasteiger partial charge in [0.1, 0.15) is 17.2 Å². The number of nitrogens with zero attached hydrogens (tertiary/aromatic N) is 1. The highest BCUT2D eigenvalue weighted by atomic mass is 19.1. The molecule has 1 aromatic rings. The van der Waals surface area contributed by atoms with E-state index in [1.807, 2.05) is 0 Å². The van der Waals surface area contributed by atoms with Crippen LogP contribution in [0.25, 0.3) is 0 Å². The highest BCUT2D eigenvalue weighted by molar-refractivity contribution is 5.39. The molecule has 4 heteroatoms. The standard InChI is InChI=1S/C17H25FN2O/c1-2-8-20-9-3-6-17(7-10-20)12-15(19)14-5-4-13(18)11-16(14)21-17/h4-5,11,15H,2-3,6-10,12,19H2,1H3. The molecule has 1 saturated heterocycles. The van der Waals surface area contributed by atoms with E-state index in [0.29, 0.717) is 5.75 Å². The molecule has 3 rings (SSSR count). The van der Waals surface area contributed by atoms with Crippen LogP contribution in [-0.4, -0.2) is 30.1 Å². The second-order valence-electron chi connectivity index (χ2n) is 6.47. The van der Waals surface area contributed by atoms with Crippen LogP contribution in [0.2, 0.25) is 0 Å². The Bertz CT molecular complexity index is 508. The summed E-state index contributed by atoms with van der Waals surface area (Å²) >= 11 is 0. The Morgan fingerprint density at radius 2 is 2.24 bits per heavy atom. The molecule has 1 spiro atoms. The molecule has 1 fully saturated rings. The van der Waals surface area contributed by atoms with Gasteiger partial charge in [-0.3, -0.25) is 0 Å². The summed E-state index contributed by atoms with van der Waals surface area (Å²) in [6.07, 6.45) is 5.14. The monoisotopic (exact) mass is 292 g/mol. The Morgan fingerprint density at radius 1 is 1.38 bits per heavy atom. The summed E-state index contributed by atoms with van der Waals surface area (Å²) < 4.78 is 19.8. The molecule has 3 nitrogen and oxygen atoms in total. The van der Waals surface area contributed by atoms with Crippen molar-refractivity contribution in [2.45, 2.75) is 50.7 Å². The fraction of sp³-hybridized carbons (Fsp3) is 0.647. The smallest absolute Gasteiger partial charge is 0.127 e. The average molecular weight is 292 g/mol. The van der Waals surface area contributed by atoms with Crippen LogP contribution in [-0.2, 0) is 0 Å². The maximum absolute atomic E-state index is 13.5. The molecular formula is C17H25FN2O. The quantitative estimate of drug-likeness (QED) is 0.909. The Balaban J connectivity index is 1.80. The number of hydrogen-bond donors (Lipinski definition) is 1. The highest BCUT2D eigenvalue weighted by Gasteiger charge is 2.40. The van der Waals surface area contributed by atoms with E-state index in [4.69, 9.17) is 10.5 Å².